The zero-order chi connectivity index (χ0) is 10.7. The molecule has 1 aliphatic carbocycles. The highest BCUT2D eigenvalue weighted by Gasteiger charge is 2.28. The van der Waals surface area contributed by atoms with Crippen LogP contribution in [0.5, 0.6) is 0 Å². The van der Waals surface area contributed by atoms with Crippen molar-refractivity contribution in [2.45, 2.75) is 56.0 Å². The van der Waals surface area contributed by atoms with E-state index < -0.39 is 0 Å². The molecule has 1 saturated heterocycles. The molecule has 2 nitrogen and oxygen atoms in total. The van der Waals surface area contributed by atoms with E-state index in [0.29, 0.717) is 11.5 Å². The van der Waals surface area contributed by atoms with Crippen molar-refractivity contribution in [3.63, 3.8) is 0 Å². The van der Waals surface area contributed by atoms with Crippen LogP contribution in [0, 0.1) is 0 Å². The van der Waals surface area contributed by atoms with Gasteiger partial charge in [0.25, 0.3) is 0 Å². The molecule has 88 valence electrons. The SMILES string of the molecule is COC1CCCC(N2CCC(Cl)CC2)C1. The minimum Gasteiger partial charge on any atom is -0.381 e. The van der Waals surface area contributed by atoms with Crippen LogP contribution in [-0.2, 0) is 4.74 Å². The van der Waals surface area contributed by atoms with Crippen molar-refractivity contribution in [3.05, 3.63) is 0 Å². The lowest BCUT2D eigenvalue weighted by atomic mass is 9.90. The van der Waals surface area contributed by atoms with Gasteiger partial charge >= 0.3 is 0 Å². The second kappa shape index (κ2) is 5.51. The Balaban J connectivity index is 1.82. The number of ether oxygens (including phenoxy) is 1. The van der Waals surface area contributed by atoms with E-state index in [0.717, 1.165) is 18.9 Å². The van der Waals surface area contributed by atoms with Crippen LogP contribution in [0.1, 0.15) is 38.5 Å². The van der Waals surface area contributed by atoms with E-state index >= 15 is 0 Å². The van der Waals surface area contributed by atoms with Gasteiger partial charge in [0.1, 0.15) is 0 Å². The molecule has 1 saturated carbocycles. The van der Waals surface area contributed by atoms with E-state index in [1.807, 2.05) is 7.11 Å². The number of rotatable bonds is 2. The van der Waals surface area contributed by atoms with E-state index in [2.05, 4.69) is 4.90 Å². The molecule has 0 aromatic heterocycles. The number of hydrogen-bond donors (Lipinski definition) is 0. The van der Waals surface area contributed by atoms with Gasteiger partial charge in [0.05, 0.1) is 6.10 Å². The summed E-state index contributed by atoms with van der Waals surface area (Å²) in [4.78, 5) is 2.63. The Morgan fingerprint density at radius 1 is 1.13 bits per heavy atom. The number of methoxy groups -OCH3 is 1. The smallest absolute Gasteiger partial charge is 0.0586 e. The summed E-state index contributed by atoms with van der Waals surface area (Å²) in [5, 5.41) is 0.420. The summed E-state index contributed by atoms with van der Waals surface area (Å²) >= 11 is 6.13. The van der Waals surface area contributed by atoms with Crippen LogP contribution in [-0.4, -0.2) is 42.6 Å². The average molecular weight is 232 g/mol. The molecule has 2 atom stereocenters. The van der Waals surface area contributed by atoms with Crippen LogP contribution in [0.3, 0.4) is 0 Å². The molecule has 0 N–H and O–H groups in total. The predicted octanol–water partition coefficient (Wildman–Crippen LogP) is 2.65. The molecule has 3 heteroatoms. The molecule has 1 aliphatic heterocycles. The Morgan fingerprint density at radius 2 is 1.87 bits per heavy atom. The quantitative estimate of drug-likeness (QED) is 0.678. The van der Waals surface area contributed by atoms with Gasteiger partial charge in [-0.25, -0.2) is 0 Å². The first-order valence-electron chi connectivity index (χ1n) is 6.20. The van der Waals surface area contributed by atoms with Crippen LogP contribution < -0.4 is 0 Å². The third kappa shape index (κ3) is 3.08. The lowest BCUT2D eigenvalue weighted by Gasteiger charge is -2.40. The molecule has 2 rings (SSSR count). The van der Waals surface area contributed by atoms with Crippen molar-refractivity contribution >= 4 is 11.6 Å². The standard InChI is InChI=1S/C12H22ClNO/c1-15-12-4-2-3-11(9-12)14-7-5-10(13)6-8-14/h10-12H,2-9H2,1H3. The number of piperidine rings is 1. The largest absolute Gasteiger partial charge is 0.381 e. The molecule has 0 aromatic carbocycles. The Labute approximate surface area is 97.9 Å². The van der Waals surface area contributed by atoms with Gasteiger partial charge in [-0.1, -0.05) is 0 Å². The second-order valence-corrected chi connectivity index (χ2v) is 5.51. The number of halogens is 1. The summed E-state index contributed by atoms with van der Waals surface area (Å²) in [5.74, 6) is 0. The van der Waals surface area contributed by atoms with Gasteiger partial charge in [0.2, 0.25) is 0 Å². The molecule has 0 amide bonds. The monoisotopic (exact) mass is 231 g/mol. The molecule has 2 aliphatic rings. The third-order valence-electron chi connectivity index (χ3n) is 3.91. The molecular formula is C12H22ClNO. The predicted molar refractivity (Wildman–Crippen MR) is 63.5 cm³/mol. The van der Waals surface area contributed by atoms with Crippen molar-refractivity contribution in [2.75, 3.05) is 20.2 Å². The van der Waals surface area contributed by atoms with E-state index in [1.54, 1.807) is 0 Å². The highest BCUT2D eigenvalue weighted by atomic mass is 35.5. The molecule has 0 spiro atoms. The number of likely N-dealkylation sites (tertiary alicyclic amines) is 1. The van der Waals surface area contributed by atoms with Crippen LogP contribution in [0.15, 0.2) is 0 Å². The molecule has 2 fully saturated rings. The summed E-state index contributed by atoms with van der Waals surface area (Å²) in [5.41, 5.74) is 0. The minimum absolute atomic E-state index is 0.420. The van der Waals surface area contributed by atoms with Crippen molar-refractivity contribution in [1.82, 2.24) is 4.90 Å². The summed E-state index contributed by atoms with van der Waals surface area (Å²) in [6, 6.07) is 0.757. The Hall–Kier alpha value is 0.210. The van der Waals surface area contributed by atoms with Crippen molar-refractivity contribution in [2.24, 2.45) is 0 Å². The van der Waals surface area contributed by atoms with Crippen molar-refractivity contribution in [1.29, 1.82) is 0 Å². The molecule has 0 aromatic rings. The number of hydrogen-bond acceptors (Lipinski definition) is 2. The van der Waals surface area contributed by atoms with E-state index in [4.69, 9.17) is 16.3 Å². The summed E-state index contributed by atoms with van der Waals surface area (Å²) in [6.07, 6.45) is 7.97. The van der Waals surface area contributed by atoms with E-state index in [-0.39, 0.29) is 0 Å². The summed E-state index contributed by atoms with van der Waals surface area (Å²) in [6.45, 7) is 2.38. The van der Waals surface area contributed by atoms with Gasteiger partial charge in [-0.2, -0.15) is 0 Å². The van der Waals surface area contributed by atoms with Crippen LogP contribution >= 0.6 is 11.6 Å². The van der Waals surface area contributed by atoms with Crippen LogP contribution in [0.25, 0.3) is 0 Å². The van der Waals surface area contributed by atoms with Crippen molar-refractivity contribution < 1.29 is 4.74 Å². The van der Waals surface area contributed by atoms with E-state index in [9.17, 15) is 0 Å². The lowest BCUT2D eigenvalue weighted by Crippen LogP contribution is -2.45. The fraction of sp³-hybridized carbons (Fsp3) is 1.00. The van der Waals surface area contributed by atoms with Gasteiger partial charge < -0.3 is 9.64 Å². The summed E-state index contributed by atoms with van der Waals surface area (Å²) < 4.78 is 5.48. The summed E-state index contributed by atoms with van der Waals surface area (Å²) in [7, 11) is 1.85. The van der Waals surface area contributed by atoms with E-state index in [1.165, 1.54) is 38.8 Å². The van der Waals surface area contributed by atoms with Gasteiger partial charge in [0, 0.05) is 18.5 Å². The maximum Gasteiger partial charge on any atom is 0.0586 e. The normalized spacial score (nSPS) is 35.6. The molecule has 0 bridgehead atoms. The zero-order valence-electron chi connectivity index (χ0n) is 9.62. The van der Waals surface area contributed by atoms with Crippen LogP contribution in [0.4, 0.5) is 0 Å². The molecule has 1 heterocycles. The molecule has 0 radical (unpaired) electrons. The third-order valence-corrected chi connectivity index (χ3v) is 4.34. The number of nitrogens with zero attached hydrogens (tertiary/aromatic N) is 1. The lowest BCUT2D eigenvalue weighted by molar-refractivity contribution is 0.0230. The van der Waals surface area contributed by atoms with Crippen molar-refractivity contribution in [3.8, 4) is 0 Å². The highest BCUT2D eigenvalue weighted by Crippen LogP contribution is 2.27. The van der Waals surface area contributed by atoms with Gasteiger partial charge in [-0.05, 0) is 51.6 Å². The van der Waals surface area contributed by atoms with Gasteiger partial charge in [-0.3, -0.25) is 0 Å². The topological polar surface area (TPSA) is 12.5 Å². The molecule has 15 heavy (non-hydrogen) atoms. The number of alkyl halides is 1. The maximum atomic E-state index is 6.13. The first-order chi connectivity index (χ1) is 7.29. The first-order valence-corrected chi connectivity index (χ1v) is 6.64. The fourth-order valence-electron chi connectivity index (χ4n) is 2.90. The van der Waals surface area contributed by atoms with Crippen LogP contribution in [0.2, 0.25) is 0 Å². The second-order valence-electron chi connectivity index (χ2n) is 4.89. The average Bonchev–Trinajstić information content (AvgIpc) is 2.30. The Morgan fingerprint density at radius 3 is 2.53 bits per heavy atom. The fourth-order valence-corrected chi connectivity index (χ4v) is 3.09. The zero-order valence-corrected chi connectivity index (χ0v) is 10.4. The highest BCUT2D eigenvalue weighted by molar-refractivity contribution is 6.20. The molecular weight excluding hydrogens is 210 g/mol. The maximum absolute atomic E-state index is 6.13. The van der Waals surface area contributed by atoms with Gasteiger partial charge in [0.15, 0.2) is 0 Å². The molecule has 2 unspecified atom stereocenters. The Kier molecular flexibility index (Phi) is 4.30. The Bertz CT molecular complexity index is 192. The first kappa shape index (κ1) is 11.7. The van der Waals surface area contributed by atoms with Gasteiger partial charge in [-0.15, -0.1) is 11.6 Å². The minimum atomic E-state index is 0.420.